The highest BCUT2D eigenvalue weighted by Gasteiger charge is 2.43. The van der Waals surface area contributed by atoms with Crippen molar-refractivity contribution in [3.63, 3.8) is 0 Å². The summed E-state index contributed by atoms with van der Waals surface area (Å²) in [5, 5.41) is 0. The van der Waals surface area contributed by atoms with Crippen molar-refractivity contribution in [2.45, 2.75) is 32.3 Å². The Morgan fingerprint density at radius 2 is 1.67 bits per heavy atom. The van der Waals surface area contributed by atoms with E-state index >= 15 is 0 Å². The van der Waals surface area contributed by atoms with Gasteiger partial charge in [-0.2, -0.15) is 0 Å². The molecule has 0 bridgehead atoms. The van der Waals surface area contributed by atoms with Gasteiger partial charge in [0.2, 0.25) is 0 Å². The summed E-state index contributed by atoms with van der Waals surface area (Å²) < 4.78 is 16.1. The molecule has 2 rings (SSSR count). The lowest BCUT2D eigenvalue weighted by atomic mass is 9.87. The average molecular weight is 250 g/mol. The van der Waals surface area contributed by atoms with E-state index in [1.54, 1.807) is 20.3 Å². The van der Waals surface area contributed by atoms with E-state index < -0.39 is 5.60 Å². The Labute approximate surface area is 107 Å². The summed E-state index contributed by atoms with van der Waals surface area (Å²) in [6.45, 7) is 4.03. The fourth-order valence-corrected chi connectivity index (χ4v) is 2.49. The van der Waals surface area contributed by atoms with E-state index in [9.17, 15) is 4.79 Å². The molecule has 0 N–H and O–H groups in total. The van der Waals surface area contributed by atoms with Gasteiger partial charge >= 0.3 is 5.97 Å². The zero-order valence-corrected chi connectivity index (χ0v) is 11.2. The van der Waals surface area contributed by atoms with E-state index in [1.165, 1.54) is 0 Å². The summed E-state index contributed by atoms with van der Waals surface area (Å²) in [4.78, 5) is 11.9. The predicted molar refractivity (Wildman–Crippen MR) is 67.2 cm³/mol. The largest absolute Gasteiger partial charge is 0.493 e. The van der Waals surface area contributed by atoms with Crippen LogP contribution in [0.5, 0.6) is 11.5 Å². The van der Waals surface area contributed by atoms with Gasteiger partial charge in [0.25, 0.3) is 0 Å². The number of methoxy groups -OCH3 is 2. The standard InChI is InChI=1S/C14H18O4/c1-5-14(6-2)10-8-12(17-4)11(16-3)7-9(10)13(15)18-14/h7-8H,5-6H2,1-4H3. The first-order valence-electron chi connectivity index (χ1n) is 6.11. The number of carbonyl (C=O) groups excluding carboxylic acids is 1. The molecule has 0 radical (unpaired) electrons. The fraction of sp³-hybridized carbons (Fsp3) is 0.500. The van der Waals surface area contributed by atoms with Crippen LogP contribution in [0.1, 0.15) is 42.6 Å². The summed E-state index contributed by atoms with van der Waals surface area (Å²) in [5.41, 5.74) is 0.956. The molecule has 0 fully saturated rings. The second-order valence-electron chi connectivity index (χ2n) is 4.34. The molecule has 0 saturated heterocycles. The third-order valence-electron chi connectivity index (χ3n) is 3.66. The molecule has 1 aliphatic rings. The van der Waals surface area contributed by atoms with Gasteiger partial charge in [0.05, 0.1) is 19.8 Å². The Hall–Kier alpha value is -1.71. The summed E-state index contributed by atoms with van der Waals surface area (Å²) >= 11 is 0. The van der Waals surface area contributed by atoms with Gasteiger partial charge in [0.15, 0.2) is 11.5 Å². The Morgan fingerprint density at radius 1 is 1.11 bits per heavy atom. The number of benzene rings is 1. The van der Waals surface area contributed by atoms with Gasteiger partial charge in [0.1, 0.15) is 5.60 Å². The smallest absolute Gasteiger partial charge is 0.339 e. The van der Waals surface area contributed by atoms with E-state index in [-0.39, 0.29) is 5.97 Å². The van der Waals surface area contributed by atoms with Crippen LogP contribution in [0, 0.1) is 0 Å². The molecule has 0 saturated carbocycles. The fourth-order valence-electron chi connectivity index (χ4n) is 2.49. The molecule has 0 atom stereocenters. The topological polar surface area (TPSA) is 44.8 Å². The minimum absolute atomic E-state index is 0.283. The zero-order chi connectivity index (χ0) is 13.3. The van der Waals surface area contributed by atoms with Crippen LogP contribution in [-0.4, -0.2) is 20.2 Å². The molecule has 4 nitrogen and oxygen atoms in total. The van der Waals surface area contributed by atoms with Crippen LogP contribution in [-0.2, 0) is 10.3 Å². The zero-order valence-electron chi connectivity index (χ0n) is 11.2. The van der Waals surface area contributed by atoms with Crippen molar-refractivity contribution in [3.05, 3.63) is 23.3 Å². The number of carbonyl (C=O) groups is 1. The lowest BCUT2D eigenvalue weighted by Gasteiger charge is -2.26. The lowest BCUT2D eigenvalue weighted by molar-refractivity contribution is -0.0126. The van der Waals surface area contributed by atoms with Crippen molar-refractivity contribution < 1.29 is 19.0 Å². The number of ether oxygens (including phenoxy) is 3. The highest BCUT2D eigenvalue weighted by Crippen LogP contribution is 2.45. The van der Waals surface area contributed by atoms with E-state index in [1.807, 2.05) is 19.9 Å². The molecule has 98 valence electrons. The molecule has 4 heteroatoms. The van der Waals surface area contributed by atoms with Crippen LogP contribution in [0.3, 0.4) is 0 Å². The number of cyclic esters (lactones) is 1. The first-order valence-corrected chi connectivity index (χ1v) is 6.11. The van der Waals surface area contributed by atoms with Gasteiger partial charge in [-0.3, -0.25) is 0 Å². The normalized spacial score (nSPS) is 16.1. The summed E-state index contributed by atoms with van der Waals surface area (Å²) in [6.07, 6.45) is 1.50. The minimum Gasteiger partial charge on any atom is -0.493 e. The van der Waals surface area contributed by atoms with Crippen molar-refractivity contribution in [2.75, 3.05) is 14.2 Å². The molecule has 0 unspecified atom stereocenters. The molecule has 1 aromatic rings. The highest BCUT2D eigenvalue weighted by molar-refractivity contribution is 5.95. The maximum absolute atomic E-state index is 11.9. The second kappa shape index (κ2) is 4.52. The quantitative estimate of drug-likeness (QED) is 0.771. The van der Waals surface area contributed by atoms with Gasteiger partial charge in [-0.15, -0.1) is 0 Å². The van der Waals surface area contributed by atoms with Gasteiger partial charge in [-0.1, -0.05) is 13.8 Å². The van der Waals surface area contributed by atoms with Gasteiger partial charge in [0, 0.05) is 5.56 Å². The molecular formula is C14H18O4. The van der Waals surface area contributed by atoms with Crippen LogP contribution in [0.25, 0.3) is 0 Å². The molecule has 0 aliphatic carbocycles. The third-order valence-corrected chi connectivity index (χ3v) is 3.66. The van der Waals surface area contributed by atoms with Crippen molar-refractivity contribution in [2.24, 2.45) is 0 Å². The molecule has 18 heavy (non-hydrogen) atoms. The Morgan fingerprint density at radius 3 is 2.17 bits per heavy atom. The predicted octanol–water partition coefficient (Wildman–Crippen LogP) is 2.89. The number of rotatable bonds is 4. The minimum atomic E-state index is -0.522. The van der Waals surface area contributed by atoms with Crippen molar-refractivity contribution >= 4 is 5.97 Å². The van der Waals surface area contributed by atoms with Gasteiger partial charge in [-0.05, 0) is 25.0 Å². The first kappa shape index (κ1) is 12.7. The van der Waals surface area contributed by atoms with Gasteiger partial charge < -0.3 is 14.2 Å². The lowest BCUT2D eigenvalue weighted by Crippen LogP contribution is -2.24. The Bertz CT molecular complexity index is 475. The second-order valence-corrected chi connectivity index (χ2v) is 4.34. The first-order chi connectivity index (χ1) is 8.61. The average Bonchev–Trinajstić information content (AvgIpc) is 2.70. The van der Waals surface area contributed by atoms with E-state index in [4.69, 9.17) is 14.2 Å². The molecule has 1 aromatic carbocycles. The Balaban J connectivity index is 2.64. The summed E-state index contributed by atoms with van der Waals surface area (Å²) in [7, 11) is 3.14. The number of hydrogen-bond donors (Lipinski definition) is 0. The van der Waals surface area contributed by atoms with Crippen LogP contribution in [0.2, 0.25) is 0 Å². The highest BCUT2D eigenvalue weighted by atomic mass is 16.6. The number of esters is 1. The number of fused-ring (bicyclic) bond motifs is 1. The molecule has 0 spiro atoms. The molecule has 0 aromatic heterocycles. The summed E-state index contributed by atoms with van der Waals surface area (Å²) in [5.74, 6) is 0.895. The monoisotopic (exact) mass is 250 g/mol. The maximum atomic E-state index is 11.9. The molecule has 0 amide bonds. The van der Waals surface area contributed by atoms with Crippen LogP contribution < -0.4 is 9.47 Å². The summed E-state index contributed by atoms with van der Waals surface area (Å²) in [6, 6.07) is 3.55. The molecule has 1 aliphatic heterocycles. The molecule has 1 heterocycles. The van der Waals surface area contributed by atoms with Crippen molar-refractivity contribution in [1.82, 2.24) is 0 Å². The van der Waals surface area contributed by atoms with Crippen LogP contribution in [0.4, 0.5) is 0 Å². The third kappa shape index (κ3) is 1.64. The maximum Gasteiger partial charge on any atom is 0.339 e. The van der Waals surface area contributed by atoms with Gasteiger partial charge in [-0.25, -0.2) is 4.79 Å². The van der Waals surface area contributed by atoms with Crippen molar-refractivity contribution in [3.8, 4) is 11.5 Å². The van der Waals surface area contributed by atoms with E-state index in [0.29, 0.717) is 17.1 Å². The van der Waals surface area contributed by atoms with Crippen LogP contribution >= 0.6 is 0 Å². The number of hydrogen-bond acceptors (Lipinski definition) is 4. The van der Waals surface area contributed by atoms with Crippen molar-refractivity contribution in [1.29, 1.82) is 0 Å². The Kier molecular flexibility index (Phi) is 3.20. The molecular weight excluding hydrogens is 232 g/mol. The van der Waals surface area contributed by atoms with Crippen LogP contribution in [0.15, 0.2) is 12.1 Å². The van der Waals surface area contributed by atoms with E-state index in [0.717, 1.165) is 18.4 Å². The SMILES string of the molecule is CCC1(CC)OC(=O)c2cc(OC)c(OC)cc21. The van der Waals surface area contributed by atoms with E-state index in [2.05, 4.69) is 0 Å².